The van der Waals surface area contributed by atoms with Gasteiger partial charge in [-0.05, 0) is 59.7 Å². The van der Waals surface area contributed by atoms with Crippen LogP contribution in [0.2, 0.25) is 0 Å². The highest BCUT2D eigenvalue weighted by Gasteiger charge is 2.31. The Balaban J connectivity index is 1.80. The molecular formula is C28H25F3N4O5S. The van der Waals surface area contributed by atoms with Crippen LogP contribution in [0.5, 0.6) is 5.75 Å². The lowest BCUT2D eigenvalue weighted by atomic mass is 9.98. The second kappa shape index (κ2) is 11.5. The van der Waals surface area contributed by atoms with Crippen LogP contribution in [0.25, 0.3) is 33.7 Å². The number of hydrogen-bond acceptors (Lipinski definition) is 8. The molecule has 0 spiro atoms. The van der Waals surface area contributed by atoms with Gasteiger partial charge in [0.25, 0.3) is 5.91 Å². The molecule has 4 aromatic rings. The van der Waals surface area contributed by atoms with E-state index in [0.29, 0.717) is 33.6 Å². The van der Waals surface area contributed by atoms with E-state index in [1.54, 1.807) is 43.3 Å². The number of nitrogens with zero attached hydrogens (tertiary/aromatic N) is 1. The van der Waals surface area contributed by atoms with Crippen LogP contribution >= 0.6 is 0 Å². The Labute approximate surface area is 233 Å². The van der Waals surface area contributed by atoms with Gasteiger partial charge >= 0.3 is 6.36 Å². The van der Waals surface area contributed by atoms with Crippen molar-refractivity contribution in [1.82, 2.24) is 4.98 Å². The highest BCUT2D eigenvalue weighted by molar-refractivity contribution is 7.90. The van der Waals surface area contributed by atoms with E-state index in [0.717, 1.165) is 18.4 Å². The molecule has 0 aliphatic carbocycles. The third kappa shape index (κ3) is 7.31. The molecule has 0 saturated heterocycles. The standard InChI is InChI=1S/C28H25F3N4O5S/c1-16-35-25(26(39-16)17-6-9-20(10-7-17)40-28(29,30)31)22-15-19(18-4-3-5-21(14-18)41(2,37)38)8-11-24(22)34-13-12-23(32)27(33)36/h3-11,14-15,32,34H,12-13H2,1-2H3,(H2,33,36). The fourth-order valence-electron chi connectivity index (χ4n) is 4.04. The average Bonchev–Trinajstić information content (AvgIpc) is 3.29. The summed E-state index contributed by atoms with van der Waals surface area (Å²) >= 11 is 0. The molecule has 3 aromatic carbocycles. The maximum atomic E-state index is 12.6. The van der Waals surface area contributed by atoms with Gasteiger partial charge in [-0.25, -0.2) is 13.4 Å². The molecule has 1 aromatic heterocycles. The lowest BCUT2D eigenvalue weighted by Gasteiger charge is -2.14. The van der Waals surface area contributed by atoms with Crippen molar-refractivity contribution in [2.24, 2.45) is 5.73 Å². The number of primary amides is 1. The zero-order valence-corrected chi connectivity index (χ0v) is 22.7. The van der Waals surface area contributed by atoms with Gasteiger partial charge in [0.2, 0.25) is 0 Å². The zero-order chi connectivity index (χ0) is 29.9. The summed E-state index contributed by atoms with van der Waals surface area (Å²) in [4.78, 5) is 15.9. The summed E-state index contributed by atoms with van der Waals surface area (Å²) in [5.74, 6) is -0.667. The first-order valence-corrected chi connectivity index (χ1v) is 14.0. The van der Waals surface area contributed by atoms with Crippen LogP contribution in [-0.2, 0) is 14.6 Å². The van der Waals surface area contributed by atoms with E-state index in [2.05, 4.69) is 15.0 Å². The smallest absolute Gasteiger partial charge is 0.440 e. The number of oxazole rings is 1. The summed E-state index contributed by atoms with van der Waals surface area (Å²) in [6.07, 6.45) is -3.67. The minimum absolute atomic E-state index is 0.0539. The number of nitrogens with two attached hydrogens (primary N) is 1. The second-order valence-corrected chi connectivity index (χ2v) is 11.1. The van der Waals surface area contributed by atoms with E-state index < -0.39 is 27.9 Å². The molecule has 0 saturated carbocycles. The number of alkyl halides is 3. The number of nitrogens with one attached hydrogen (secondary N) is 2. The predicted octanol–water partition coefficient (Wildman–Crippen LogP) is 5.59. The van der Waals surface area contributed by atoms with Crippen molar-refractivity contribution < 1.29 is 35.5 Å². The number of carbonyl (C=O) groups is 1. The third-order valence-corrected chi connectivity index (χ3v) is 7.05. The number of hydrogen-bond donors (Lipinski definition) is 3. The largest absolute Gasteiger partial charge is 0.573 e. The third-order valence-electron chi connectivity index (χ3n) is 5.94. The van der Waals surface area contributed by atoms with Gasteiger partial charge in [-0.1, -0.05) is 18.2 Å². The van der Waals surface area contributed by atoms with E-state index in [1.807, 2.05) is 0 Å². The Hall–Kier alpha value is -4.65. The molecular weight excluding hydrogens is 561 g/mol. The number of anilines is 1. The summed E-state index contributed by atoms with van der Waals surface area (Å²) in [6, 6.07) is 16.8. The van der Waals surface area contributed by atoms with Crippen LogP contribution in [0.1, 0.15) is 12.3 Å². The van der Waals surface area contributed by atoms with Crippen molar-refractivity contribution in [3.8, 4) is 39.5 Å². The van der Waals surface area contributed by atoms with Crippen LogP contribution in [0.3, 0.4) is 0 Å². The average molecular weight is 587 g/mol. The van der Waals surface area contributed by atoms with Crippen molar-refractivity contribution in [3.05, 3.63) is 72.6 Å². The fraction of sp³-hybridized carbons (Fsp3) is 0.179. The minimum Gasteiger partial charge on any atom is -0.440 e. The number of aromatic nitrogens is 1. The molecule has 214 valence electrons. The molecule has 0 atom stereocenters. The van der Waals surface area contributed by atoms with Crippen molar-refractivity contribution in [2.45, 2.75) is 24.6 Å². The first-order chi connectivity index (χ1) is 19.2. The van der Waals surface area contributed by atoms with Crippen LogP contribution in [0.4, 0.5) is 18.9 Å². The molecule has 41 heavy (non-hydrogen) atoms. The summed E-state index contributed by atoms with van der Waals surface area (Å²) < 4.78 is 72.0. The van der Waals surface area contributed by atoms with Gasteiger partial charge in [-0.3, -0.25) is 10.2 Å². The van der Waals surface area contributed by atoms with Gasteiger partial charge in [0.05, 0.1) is 10.6 Å². The van der Waals surface area contributed by atoms with Crippen LogP contribution < -0.4 is 15.8 Å². The summed E-state index contributed by atoms with van der Waals surface area (Å²) in [5, 5.41) is 10.9. The Morgan fingerprint density at radius 3 is 2.34 bits per heavy atom. The van der Waals surface area contributed by atoms with Crippen LogP contribution in [0.15, 0.2) is 76.0 Å². The van der Waals surface area contributed by atoms with Gasteiger partial charge in [0.1, 0.15) is 11.4 Å². The second-order valence-electron chi connectivity index (χ2n) is 9.06. The molecule has 1 amide bonds. The Kier molecular flexibility index (Phi) is 8.19. The molecule has 0 unspecified atom stereocenters. The molecule has 9 nitrogen and oxygen atoms in total. The number of sulfone groups is 1. The zero-order valence-electron chi connectivity index (χ0n) is 21.9. The van der Waals surface area contributed by atoms with Gasteiger partial charge < -0.3 is 20.2 Å². The quantitative estimate of drug-likeness (QED) is 0.205. The SMILES string of the molecule is Cc1nc(-c2cc(-c3cccc(S(C)(=O)=O)c3)ccc2NCCC(=N)C(N)=O)c(-c2ccc(OC(F)(F)F)cc2)o1. The normalized spacial score (nSPS) is 11.7. The first kappa shape index (κ1) is 29.3. The molecule has 0 aliphatic rings. The van der Waals surface area contributed by atoms with E-state index in [-0.39, 0.29) is 35.2 Å². The van der Waals surface area contributed by atoms with Crippen molar-refractivity contribution >= 4 is 27.1 Å². The Morgan fingerprint density at radius 2 is 1.71 bits per heavy atom. The van der Waals surface area contributed by atoms with Crippen LogP contribution in [0, 0.1) is 12.3 Å². The maximum absolute atomic E-state index is 12.6. The number of halogens is 3. The highest BCUT2D eigenvalue weighted by Crippen LogP contribution is 2.39. The number of rotatable bonds is 10. The number of benzene rings is 3. The summed E-state index contributed by atoms with van der Waals surface area (Å²) in [5.41, 5.74) is 8.06. The van der Waals surface area contributed by atoms with Gasteiger partial charge in [0.15, 0.2) is 21.5 Å². The molecule has 4 rings (SSSR count). The fourth-order valence-corrected chi connectivity index (χ4v) is 4.71. The molecule has 0 bridgehead atoms. The summed E-state index contributed by atoms with van der Waals surface area (Å²) in [7, 11) is -3.46. The molecule has 0 fully saturated rings. The van der Waals surface area contributed by atoms with Crippen LogP contribution in [-0.4, -0.2) is 44.2 Å². The number of ether oxygens (including phenoxy) is 1. The molecule has 13 heteroatoms. The van der Waals surface area contributed by atoms with E-state index in [9.17, 15) is 26.4 Å². The number of carbonyl (C=O) groups excluding carboxylic acids is 1. The lowest BCUT2D eigenvalue weighted by Crippen LogP contribution is -2.24. The topological polar surface area (TPSA) is 148 Å². The van der Waals surface area contributed by atoms with E-state index in [4.69, 9.17) is 15.6 Å². The Morgan fingerprint density at radius 1 is 1.05 bits per heavy atom. The maximum Gasteiger partial charge on any atom is 0.573 e. The molecule has 0 radical (unpaired) electrons. The number of amides is 1. The van der Waals surface area contributed by atoms with Crippen molar-refractivity contribution in [2.75, 3.05) is 18.1 Å². The van der Waals surface area contributed by atoms with E-state index >= 15 is 0 Å². The first-order valence-electron chi connectivity index (χ1n) is 12.1. The Bertz CT molecular complexity index is 1720. The highest BCUT2D eigenvalue weighted by atomic mass is 32.2. The predicted molar refractivity (Wildman–Crippen MR) is 147 cm³/mol. The van der Waals surface area contributed by atoms with Crippen molar-refractivity contribution in [3.63, 3.8) is 0 Å². The monoisotopic (exact) mass is 586 g/mol. The lowest BCUT2D eigenvalue weighted by molar-refractivity contribution is -0.274. The molecule has 1 heterocycles. The van der Waals surface area contributed by atoms with Gasteiger partial charge in [-0.2, -0.15) is 0 Å². The summed E-state index contributed by atoms with van der Waals surface area (Å²) in [6.45, 7) is 1.81. The molecule has 4 N–H and O–H groups in total. The molecule has 0 aliphatic heterocycles. The number of aryl methyl sites for hydroxylation is 1. The van der Waals surface area contributed by atoms with E-state index in [1.165, 1.54) is 18.2 Å². The minimum atomic E-state index is -4.84. The van der Waals surface area contributed by atoms with Gasteiger partial charge in [-0.15, -0.1) is 13.2 Å². The van der Waals surface area contributed by atoms with Gasteiger partial charge in [0, 0.05) is 43.0 Å². The van der Waals surface area contributed by atoms with Crippen molar-refractivity contribution in [1.29, 1.82) is 5.41 Å².